The average Bonchev–Trinajstić information content (AvgIpc) is 3.01. The van der Waals surface area contributed by atoms with E-state index in [1.807, 2.05) is 12.1 Å². The van der Waals surface area contributed by atoms with Crippen LogP contribution in [0.2, 0.25) is 5.02 Å². The molecule has 0 bridgehead atoms. The van der Waals surface area contributed by atoms with Gasteiger partial charge in [0, 0.05) is 27.5 Å². The Hall–Kier alpha value is -2.29. The highest BCUT2D eigenvalue weighted by molar-refractivity contribution is 7.98. The number of nitrogens with zero attached hydrogens (tertiary/aromatic N) is 3. The van der Waals surface area contributed by atoms with Gasteiger partial charge in [-0.2, -0.15) is 0 Å². The molecule has 1 aromatic heterocycles. The van der Waals surface area contributed by atoms with Crippen molar-refractivity contribution >= 4 is 23.4 Å². The molecule has 2 aromatic carbocycles. The van der Waals surface area contributed by atoms with Crippen molar-refractivity contribution in [1.82, 2.24) is 14.9 Å². The number of hydrogen-bond donors (Lipinski definition) is 1. The topological polar surface area (TPSA) is 75.2 Å². The lowest BCUT2D eigenvalue weighted by Gasteiger charge is -2.20. The van der Waals surface area contributed by atoms with Gasteiger partial charge in [0.2, 0.25) is 5.16 Å². The quantitative estimate of drug-likeness (QED) is 0.540. The predicted octanol–water partition coefficient (Wildman–Crippen LogP) is 3.61. The van der Waals surface area contributed by atoms with E-state index in [2.05, 4.69) is 10.2 Å². The van der Waals surface area contributed by atoms with E-state index in [-0.39, 0.29) is 12.6 Å². The van der Waals surface area contributed by atoms with E-state index in [0.29, 0.717) is 39.7 Å². The third kappa shape index (κ3) is 3.35. The van der Waals surface area contributed by atoms with Gasteiger partial charge in [-0.25, -0.2) is 9.07 Å². The van der Waals surface area contributed by atoms with Gasteiger partial charge in [0.05, 0.1) is 6.61 Å². The summed E-state index contributed by atoms with van der Waals surface area (Å²) < 4.78 is 26.0. The molecule has 134 valence electrons. The Morgan fingerprint density at radius 3 is 2.85 bits per heavy atom. The molecule has 0 aliphatic carbocycles. The highest BCUT2D eigenvalue weighted by Crippen LogP contribution is 2.34. The van der Waals surface area contributed by atoms with Crippen LogP contribution in [-0.2, 0) is 17.1 Å². The van der Waals surface area contributed by atoms with Gasteiger partial charge in [-0.3, -0.25) is 0 Å². The summed E-state index contributed by atoms with van der Waals surface area (Å²) in [6.45, 7) is 0.489. The molecule has 4 rings (SSSR count). The highest BCUT2D eigenvalue weighted by atomic mass is 35.5. The van der Waals surface area contributed by atoms with Crippen LogP contribution in [0, 0.1) is 5.82 Å². The van der Waals surface area contributed by atoms with Crippen molar-refractivity contribution in [1.29, 1.82) is 0 Å². The summed E-state index contributed by atoms with van der Waals surface area (Å²) in [7, 11) is 0. The summed E-state index contributed by atoms with van der Waals surface area (Å²) in [6.07, 6.45) is 0. The van der Waals surface area contributed by atoms with Crippen LogP contribution in [0.3, 0.4) is 0 Å². The molecule has 9 heteroatoms. The minimum atomic E-state index is -0.329. The van der Waals surface area contributed by atoms with Crippen LogP contribution in [0.25, 0.3) is 11.4 Å². The molecule has 3 aromatic rings. The van der Waals surface area contributed by atoms with Crippen LogP contribution in [0.5, 0.6) is 5.75 Å². The molecule has 0 radical (unpaired) electrons. The first-order chi connectivity index (χ1) is 12.6. The summed E-state index contributed by atoms with van der Waals surface area (Å²) in [5.74, 6) is 7.41. The molecular formula is C17H14ClFN4O2S. The molecule has 26 heavy (non-hydrogen) atoms. The standard InChI is InChI=1S/C17H14ClFN4O2S/c18-13-3-1-10(2-4-13)16-21-22-17(23(16)20)26-8-12-6-14(19)5-11-7-24-9-25-15(11)12/h1-6H,7-9,20H2. The number of benzene rings is 2. The molecular weight excluding hydrogens is 379 g/mol. The number of fused-ring (bicyclic) bond motifs is 1. The maximum absolute atomic E-state index is 13.8. The normalized spacial score (nSPS) is 13.3. The van der Waals surface area contributed by atoms with E-state index in [1.165, 1.54) is 28.6 Å². The molecule has 6 nitrogen and oxygen atoms in total. The lowest BCUT2D eigenvalue weighted by molar-refractivity contribution is -0.0171. The van der Waals surface area contributed by atoms with Crippen LogP contribution in [0.1, 0.15) is 11.1 Å². The van der Waals surface area contributed by atoms with E-state index < -0.39 is 0 Å². The van der Waals surface area contributed by atoms with Gasteiger partial charge < -0.3 is 15.3 Å². The zero-order valence-corrected chi connectivity index (χ0v) is 15.1. The fraction of sp³-hybridized carbons (Fsp3) is 0.176. The van der Waals surface area contributed by atoms with Crippen molar-refractivity contribution in [3.8, 4) is 17.1 Å². The van der Waals surface area contributed by atoms with Crippen molar-refractivity contribution in [3.63, 3.8) is 0 Å². The van der Waals surface area contributed by atoms with Crippen LogP contribution in [0.15, 0.2) is 41.6 Å². The SMILES string of the molecule is Nn1c(SCc2cc(F)cc3c2OCOC3)nnc1-c1ccc(Cl)cc1. The van der Waals surface area contributed by atoms with Gasteiger partial charge in [-0.15, -0.1) is 10.2 Å². The van der Waals surface area contributed by atoms with Gasteiger partial charge in [0.25, 0.3) is 0 Å². The van der Waals surface area contributed by atoms with Crippen molar-refractivity contribution in [2.75, 3.05) is 12.6 Å². The van der Waals surface area contributed by atoms with E-state index in [1.54, 1.807) is 12.1 Å². The molecule has 1 aliphatic rings. The van der Waals surface area contributed by atoms with Crippen LogP contribution < -0.4 is 10.6 Å². The Morgan fingerprint density at radius 1 is 1.23 bits per heavy atom. The molecule has 0 saturated carbocycles. The number of ether oxygens (including phenoxy) is 2. The van der Waals surface area contributed by atoms with E-state index in [0.717, 1.165) is 11.1 Å². The number of halogens is 2. The Kier molecular flexibility index (Phi) is 4.71. The second-order valence-corrected chi connectivity index (χ2v) is 7.01. The molecule has 0 unspecified atom stereocenters. The lowest BCUT2D eigenvalue weighted by Crippen LogP contribution is -2.14. The average molecular weight is 393 g/mol. The summed E-state index contributed by atoms with van der Waals surface area (Å²) in [4.78, 5) is 0. The minimum Gasteiger partial charge on any atom is -0.467 e. The zero-order chi connectivity index (χ0) is 18.1. The fourth-order valence-corrected chi connectivity index (χ4v) is 3.63. The van der Waals surface area contributed by atoms with Crippen LogP contribution >= 0.6 is 23.4 Å². The summed E-state index contributed by atoms with van der Waals surface area (Å²) >= 11 is 7.25. The molecule has 0 atom stereocenters. The smallest absolute Gasteiger partial charge is 0.210 e. The van der Waals surface area contributed by atoms with Crippen molar-refractivity contribution in [2.24, 2.45) is 0 Å². The maximum atomic E-state index is 13.8. The van der Waals surface area contributed by atoms with Crippen LogP contribution in [-0.4, -0.2) is 21.7 Å². The molecule has 1 aliphatic heterocycles. The Morgan fingerprint density at radius 2 is 2.04 bits per heavy atom. The first-order valence-corrected chi connectivity index (χ1v) is 9.09. The lowest BCUT2D eigenvalue weighted by atomic mass is 10.1. The van der Waals surface area contributed by atoms with Gasteiger partial charge in [-0.1, -0.05) is 23.4 Å². The molecule has 0 saturated heterocycles. The fourth-order valence-electron chi connectivity index (χ4n) is 2.68. The van der Waals surface area contributed by atoms with E-state index >= 15 is 0 Å². The second kappa shape index (κ2) is 7.14. The van der Waals surface area contributed by atoms with Gasteiger partial charge in [0.15, 0.2) is 12.6 Å². The number of rotatable bonds is 4. The molecule has 0 amide bonds. The maximum Gasteiger partial charge on any atom is 0.210 e. The number of aromatic nitrogens is 3. The third-order valence-electron chi connectivity index (χ3n) is 3.88. The van der Waals surface area contributed by atoms with E-state index in [9.17, 15) is 4.39 Å². The van der Waals surface area contributed by atoms with Gasteiger partial charge in [-0.05, 0) is 36.4 Å². The number of hydrogen-bond acceptors (Lipinski definition) is 6. The third-order valence-corrected chi connectivity index (χ3v) is 5.12. The molecule has 2 heterocycles. The monoisotopic (exact) mass is 392 g/mol. The minimum absolute atomic E-state index is 0.157. The summed E-state index contributed by atoms with van der Waals surface area (Å²) in [5, 5.41) is 9.40. The van der Waals surface area contributed by atoms with Gasteiger partial charge >= 0.3 is 0 Å². The molecule has 0 fully saturated rings. The zero-order valence-electron chi connectivity index (χ0n) is 13.5. The first-order valence-electron chi connectivity index (χ1n) is 7.73. The Balaban J connectivity index is 1.56. The van der Waals surface area contributed by atoms with Crippen LogP contribution in [0.4, 0.5) is 4.39 Å². The van der Waals surface area contributed by atoms with Gasteiger partial charge in [0.1, 0.15) is 11.6 Å². The van der Waals surface area contributed by atoms with E-state index in [4.69, 9.17) is 26.9 Å². The van der Waals surface area contributed by atoms with Crippen molar-refractivity contribution in [2.45, 2.75) is 17.5 Å². The summed E-state index contributed by atoms with van der Waals surface area (Å²) in [6, 6.07) is 10.0. The highest BCUT2D eigenvalue weighted by Gasteiger charge is 2.19. The summed E-state index contributed by atoms with van der Waals surface area (Å²) in [5.41, 5.74) is 2.23. The number of nitrogens with two attached hydrogens (primary N) is 1. The second-order valence-electron chi connectivity index (χ2n) is 5.64. The molecule has 0 spiro atoms. The van der Waals surface area contributed by atoms with Crippen molar-refractivity contribution in [3.05, 3.63) is 58.4 Å². The van der Waals surface area contributed by atoms with Crippen molar-refractivity contribution < 1.29 is 13.9 Å². The predicted molar refractivity (Wildman–Crippen MR) is 96.9 cm³/mol. The Labute approximate surface area is 158 Å². The number of thioether (sulfide) groups is 1. The Bertz CT molecular complexity index is 949. The first kappa shape index (κ1) is 17.1. The molecule has 2 N–H and O–H groups in total. The largest absolute Gasteiger partial charge is 0.467 e. The number of nitrogen functional groups attached to an aromatic ring is 1.